The summed E-state index contributed by atoms with van der Waals surface area (Å²) in [5, 5.41) is 6.89. The number of nitrogens with one attached hydrogen (secondary N) is 2. The van der Waals surface area contributed by atoms with E-state index in [1.54, 1.807) is 0 Å². The van der Waals surface area contributed by atoms with Crippen LogP contribution in [0.2, 0.25) is 0 Å². The summed E-state index contributed by atoms with van der Waals surface area (Å²) >= 11 is 0. The van der Waals surface area contributed by atoms with Crippen LogP contribution < -0.4 is 10.6 Å². The summed E-state index contributed by atoms with van der Waals surface area (Å²) in [4.78, 5) is 8.82. The van der Waals surface area contributed by atoms with Crippen LogP contribution in [-0.4, -0.2) is 28.6 Å². The minimum Gasteiger partial charge on any atom is -0.363 e. The van der Waals surface area contributed by atoms with Gasteiger partial charge in [-0.05, 0) is 33.2 Å². The average Bonchev–Trinajstić information content (AvgIpc) is 2.63. The average molecular weight is 220 g/mol. The molecule has 0 aromatic carbocycles. The molecule has 0 aliphatic carbocycles. The van der Waals surface area contributed by atoms with E-state index >= 15 is 0 Å². The molecule has 1 atom stereocenters. The highest BCUT2D eigenvalue weighted by molar-refractivity contribution is 5.39. The quantitative estimate of drug-likeness (QED) is 0.810. The van der Waals surface area contributed by atoms with Crippen LogP contribution in [-0.2, 0) is 6.42 Å². The van der Waals surface area contributed by atoms with Gasteiger partial charge in [0.05, 0.1) is 0 Å². The van der Waals surface area contributed by atoms with Crippen molar-refractivity contribution in [2.75, 3.05) is 18.4 Å². The summed E-state index contributed by atoms with van der Waals surface area (Å²) in [7, 11) is 0. The van der Waals surface area contributed by atoms with Crippen molar-refractivity contribution in [3.63, 3.8) is 0 Å². The second-order valence-corrected chi connectivity index (χ2v) is 4.76. The molecular weight excluding hydrogens is 200 g/mol. The van der Waals surface area contributed by atoms with Crippen LogP contribution in [0.4, 0.5) is 5.82 Å². The third-order valence-corrected chi connectivity index (χ3v) is 3.05. The molecule has 4 heteroatoms. The van der Waals surface area contributed by atoms with E-state index in [0.29, 0.717) is 0 Å². The van der Waals surface area contributed by atoms with Crippen LogP contribution in [0.3, 0.4) is 0 Å². The van der Waals surface area contributed by atoms with Gasteiger partial charge in [-0.15, -0.1) is 0 Å². The molecule has 0 saturated carbocycles. The minimum atomic E-state index is 0.131. The summed E-state index contributed by atoms with van der Waals surface area (Å²) in [6.45, 7) is 8.37. The van der Waals surface area contributed by atoms with Gasteiger partial charge in [-0.1, -0.05) is 6.92 Å². The molecule has 2 rings (SSSR count). The number of hydrogen-bond acceptors (Lipinski definition) is 4. The van der Waals surface area contributed by atoms with Crippen molar-refractivity contribution in [1.82, 2.24) is 15.3 Å². The molecule has 2 N–H and O–H groups in total. The predicted octanol–water partition coefficient (Wildman–Crippen LogP) is 1.51. The molecule has 88 valence electrons. The highest BCUT2D eigenvalue weighted by atomic mass is 15.1. The lowest BCUT2D eigenvalue weighted by molar-refractivity contribution is 0.563. The number of nitrogens with zero attached hydrogens (tertiary/aromatic N) is 2. The highest BCUT2D eigenvalue weighted by Gasteiger charge is 2.28. The largest absolute Gasteiger partial charge is 0.363 e. The van der Waals surface area contributed by atoms with Crippen molar-refractivity contribution in [2.24, 2.45) is 0 Å². The molecule has 1 aliphatic heterocycles. The number of aryl methyl sites for hydroxylation is 2. The van der Waals surface area contributed by atoms with Gasteiger partial charge in [-0.3, -0.25) is 0 Å². The van der Waals surface area contributed by atoms with Gasteiger partial charge in [0, 0.05) is 23.8 Å². The van der Waals surface area contributed by atoms with Crippen LogP contribution in [0.15, 0.2) is 6.07 Å². The van der Waals surface area contributed by atoms with Crippen molar-refractivity contribution < 1.29 is 0 Å². The Kier molecular flexibility index (Phi) is 3.10. The fourth-order valence-corrected chi connectivity index (χ4v) is 2.11. The summed E-state index contributed by atoms with van der Waals surface area (Å²) in [5.74, 6) is 1.80. The first-order valence-corrected chi connectivity index (χ1v) is 5.95. The Morgan fingerprint density at radius 3 is 2.94 bits per heavy atom. The predicted molar refractivity (Wildman–Crippen MR) is 65.7 cm³/mol. The van der Waals surface area contributed by atoms with Gasteiger partial charge in [0.2, 0.25) is 0 Å². The second kappa shape index (κ2) is 4.37. The normalized spacial score (nSPS) is 24.7. The molecule has 1 aliphatic rings. The fraction of sp³-hybridized carbons (Fsp3) is 0.667. The Morgan fingerprint density at radius 2 is 2.31 bits per heavy atom. The first-order chi connectivity index (χ1) is 7.61. The van der Waals surface area contributed by atoms with Gasteiger partial charge >= 0.3 is 0 Å². The zero-order valence-electron chi connectivity index (χ0n) is 10.3. The smallest absolute Gasteiger partial charge is 0.130 e. The van der Waals surface area contributed by atoms with Crippen molar-refractivity contribution in [1.29, 1.82) is 0 Å². The van der Waals surface area contributed by atoms with Gasteiger partial charge in [-0.2, -0.15) is 0 Å². The second-order valence-electron chi connectivity index (χ2n) is 4.76. The van der Waals surface area contributed by atoms with E-state index in [4.69, 9.17) is 0 Å². The lowest BCUT2D eigenvalue weighted by Crippen LogP contribution is -2.37. The van der Waals surface area contributed by atoms with Crippen molar-refractivity contribution >= 4 is 5.82 Å². The Bertz CT molecular complexity index is 369. The fourth-order valence-electron chi connectivity index (χ4n) is 2.11. The maximum absolute atomic E-state index is 4.44. The van der Waals surface area contributed by atoms with Crippen molar-refractivity contribution in [3.8, 4) is 0 Å². The first-order valence-electron chi connectivity index (χ1n) is 5.95. The monoisotopic (exact) mass is 220 g/mol. The van der Waals surface area contributed by atoms with E-state index in [1.807, 2.05) is 6.92 Å². The van der Waals surface area contributed by atoms with E-state index in [2.05, 4.69) is 40.5 Å². The van der Waals surface area contributed by atoms with Gasteiger partial charge in [0.25, 0.3) is 0 Å². The topological polar surface area (TPSA) is 49.8 Å². The van der Waals surface area contributed by atoms with Gasteiger partial charge in [0.1, 0.15) is 11.6 Å². The van der Waals surface area contributed by atoms with Crippen molar-refractivity contribution in [2.45, 2.75) is 39.2 Å². The SMILES string of the molecule is CCc1cc(NC2(C)CCNC2)nc(C)n1. The molecule has 0 amide bonds. The van der Waals surface area contributed by atoms with Crippen LogP contribution in [0.5, 0.6) is 0 Å². The lowest BCUT2D eigenvalue weighted by atomic mass is 10.0. The maximum Gasteiger partial charge on any atom is 0.130 e. The van der Waals surface area contributed by atoms with Crippen LogP contribution >= 0.6 is 0 Å². The Hall–Kier alpha value is -1.16. The third kappa shape index (κ3) is 2.50. The molecule has 16 heavy (non-hydrogen) atoms. The molecule has 0 bridgehead atoms. The van der Waals surface area contributed by atoms with Crippen molar-refractivity contribution in [3.05, 3.63) is 17.6 Å². The van der Waals surface area contributed by atoms with E-state index in [1.165, 1.54) is 0 Å². The zero-order chi connectivity index (χ0) is 11.6. The third-order valence-electron chi connectivity index (χ3n) is 3.05. The molecule has 1 fully saturated rings. The number of anilines is 1. The minimum absolute atomic E-state index is 0.131. The van der Waals surface area contributed by atoms with E-state index in [0.717, 1.165) is 43.3 Å². The van der Waals surface area contributed by atoms with Gasteiger partial charge in [0.15, 0.2) is 0 Å². The summed E-state index contributed by atoms with van der Waals surface area (Å²) in [6.07, 6.45) is 2.09. The molecule has 0 radical (unpaired) electrons. The molecule has 1 unspecified atom stereocenters. The van der Waals surface area contributed by atoms with Gasteiger partial charge in [-0.25, -0.2) is 9.97 Å². The summed E-state index contributed by atoms with van der Waals surface area (Å²) in [6, 6.07) is 2.05. The molecule has 1 aromatic heterocycles. The molecular formula is C12H20N4. The molecule has 1 saturated heterocycles. The van der Waals surface area contributed by atoms with E-state index in [9.17, 15) is 0 Å². The Morgan fingerprint density at radius 1 is 1.50 bits per heavy atom. The van der Waals surface area contributed by atoms with Crippen LogP contribution in [0, 0.1) is 6.92 Å². The zero-order valence-corrected chi connectivity index (χ0v) is 10.3. The molecule has 2 heterocycles. The highest BCUT2D eigenvalue weighted by Crippen LogP contribution is 2.20. The Labute approximate surface area is 96.9 Å². The van der Waals surface area contributed by atoms with E-state index < -0.39 is 0 Å². The number of aromatic nitrogens is 2. The first kappa shape index (κ1) is 11.3. The molecule has 0 spiro atoms. The van der Waals surface area contributed by atoms with Gasteiger partial charge < -0.3 is 10.6 Å². The summed E-state index contributed by atoms with van der Waals surface area (Å²) in [5.41, 5.74) is 1.23. The van der Waals surface area contributed by atoms with Crippen LogP contribution in [0.1, 0.15) is 31.8 Å². The number of hydrogen-bond donors (Lipinski definition) is 2. The molecule has 4 nitrogen and oxygen atoms in total. The van der Waals surface area contributed by atoms with Crippen LogP contribution in [0.25, 0.3) is 0 Å². The standard InChI is InChI=1S/C12H20N4/c1-4-10-7-11(15-9(2)14-10)16-12(3)5-6-13-8-12/h7,13H,4-6,8H2,1-3H3,(H,14,15,16). The maximum atomic E-state index is 4.44. The number of rotatable bonds is 3. The van der Waals surface area contributed by atoms with E-state index in [-0.39, 0.29) is 5.54 Å². The summed E-state index contributed by atoms with van der Waals surface area (Å²) < 4.78 is 0. The Balaban J connectivity index is 2.17. The lowest BCUT2D eigenvalue weighted by Gasteiger charge is -2.25. The molecule has 1 aromatic rings.